The van der Waals surface area contributed by atoms with E-state index < -0.39 is 0 Å². The Labute approximate surface area is 160 Å². The van der Waals surface area contributed by atoms with Crippen LogP contribution < -0.4 is 10.2 Å². The van der Waals surface area contributed by atoms with E-state index in [1.807, 2.05) is 18.2 Å². The number of hydrogen-bond acceptors (Lipinski definition) is 5. The normalized spacial score (nSPS) is 13.8. The molecule has 2 heterocycles. The number of esters is 1. The van der Waals surface area contributed by atoms with Crippen molar-refractivity contribution in [2.45, 2.75) is 12.8 Å². The van der Waals surface area contributed by atoms with Gasteiger partial charge in [0.15, 0.2) is 0 Å². The third kappa shape index (κ3) is 3.93. The third-order valence-electron chi connectivity index (χ3n) is 4.38. The van der Waals surface area contributed by atoms with Crippen molar-refractivity contribution in [1.29, 1.82) is 0 Å². The van der Waals surface area contributed by atoms with E-state index in [-0.39, 0.29) is 12.0 Å². The Morgan fingerprint density at radius 2 is 2.00 bits per heavy atom. The molecular formula is C20H19N3O3S. The van der Waals surface area contributed by atoms with E-state index in [4.69, 9.17) is 4.74 Å². The molecule has 0 atom stereocenters. The van der Waals surface area contributed by atoms with E-state index in [2.05, 4.69) is 16.4 Å². The Bertz CT molecular complexity index is 935. The number of aromatic nitrogens is 1. The number of anilines is 1. The van der Waals surface area contributed by atoms with Gasteiger partial charge in [-0.2, -0.15) is 0 Å². The molecule has 0 spiro atoms. The molecule has 1 aliphatic heterocycles. The molecular weight excluding hydrogens is 362 g/mol. The Morgan fingerprint density at radius 3 is 2.74 bits per heavy atom. The van der Waals surface area contributed by atoms with Gasteiger partial charge in [-0.05, 0) is 42.8 Å². The van der Waals surface area contributed by atoms with Crippen LogP contribution in [0.4, 0.5) is 10.5 Å². The number of nitrogens with zero attached hydrogens (tertiary/aromatic N) is 2. The first-order valence-electron chi connectivity index (χ1n) is 8.88. The first-order chi connectivity index (χ1) is 13.2. The van der Waals surface area contributed by atoms with E-state index >= 15 is 0 Å². The largest absolute Gasteiger partial charge is 0.462 e. The number of carbonyl (C=O) groups excluding carboxylic acids is 2. The zero-order valence-electron chi connectivity index (χ0n) is 14.7. The molecule has 4 rings (SSSR count). The Balaban J connectivity index is 1.27. The molecule has 0 saturated carbocycles. The average Bonchev–Trinajstić information content (AvgIpc) is 3.30. The molecule has 1 N–H and O–H groups in total. The molecule has 138 valence electrons. The zero-order chi connectivity index (χ0) is 18.6. The number of hydrogen-bond donors (Lipinski definition) is 1. The molecule has 2 aromatic carbocycles. The summed E-state index contributed by atoms with van der Waals surface area (Å²) in [6, 6.07) is 14.9. The van der Waals surface area contributed by atoms with E-state index in [0.717, 1.165) is 29.1 Å². The monoisotopic (exact) mass is 381 g/mol. The van der Waals surface area contributed by atoms with Gasteiger partial charge < -0.3 is 10.1 Å². The fourth-order valence-electron chi connectivity index (χ4n) is 2.99. The van der Waals surface area contributed by atoms with Crippen LogP contribution in [-0.4, -0.2) is 36.7 Å². The average molecular weight is 381 g/mol. The van der Waals surface area contributed by atoms with E-state index in [9.17, 15) is 9.59 Å². The minimum Gasteiger partial charge on any atom is -0.462 e. The third-order valence-corrected chi connectivity index (χ3v) is 5.47. The maximum absolute atomic E-state index is 12.2. The van der Waals surface area contributed by atoms with Crippen molar-refractivity contribution < 1.29 is 14.3 Å². The minimum atomic E-state index is -0.350. The van der Waals surface area contributed by atoms with Gasteiger partial charge in [-0.1, -0.05) is 12.1 Å². The van der Waals surface area contributed by atoms with Crippen LogP contribution in [0.25, 0.3) is 10.2 Å². The van der Waals surface area contributed by atoms with Crippen molar-refractivity contribution in [3.05, 3.63) is 59.1 Å². The van der Waals surface area contributed by atoms with Crippen molar-refractivity contribution in [3.63, 3.8) is 0 Å². The lowest BCUT2D eigenvalue weighted by Crippen LogP contribution is -2.27. The first kappa shape index (κ1) is 17.5. The number of carbonyl (C=O) groups is 2. The molecule has 0 aliphatic carbocycles. The van der Waals surface area contributed by atoms with Gasteiger partial charge in [-0.3, -0.25) is 4.90 Å². The molecule has 1 fully saturated rings. The number of fused-ring (bicyclic) bond motifs is 1. The van der Waals surface area contributed by atoms with Gasteiger partial charge in [-0.15, -0.1) is 11.3 Å². The highest BCUT2D eigenvalue weighted by Gasteiger charge is 2.21. The standard InChI is InChI=1S/C20H19N3O3S/c24-19(14-7-9-15(10-8-14)23-12-11-21-20(23)25)26-13-3-6-18-22-16-4-1-2-5-17(16)27-18/h1-2,4-5,7-10H,3,6,11-13H2,(H,21,25). The number of amides is 2. The summed E-state index contributed by atoms with van der Waals surface area (Å²) in [6.45, 7) is 1.62. The number of thiazole rings is 1. The van der Waals surface area contributed by atoms with Crippen molar-refractivity contribution in [3.8, 4) is 0 Å². The predicted molar refractivity (Wildman–Crippen MR) is 105 cm³/mol. The lowest BCUT2D eigenvalue weighted by molar-refractivity contribution is 0.0500. The summed E-state index contributed by atoms with van der Waals surface area (Å²) in [4.78, 5) is 30.1. The second kappa shape index (κ2) is 7.75. The van der Waals surface area contributed by atoms with Crippen molar-refractivity contribution in [2.75, 3.05) is 24.6 Å². The van der Waals surface area contributed by atoms with Gasteiger partial charge in [0.25, 0.3) is 0 Å². The number of ether oxygens (including phenoxy) is 1. The number of para-hydroxylation sites is 1. The summed E-state index contributed by atoms with van der Waals surface area (Å²) in [5.74, 6) is -0.350. The van der Waals surface area contributed by atoms with Gasteiger partial charge in [0.1, 0.15) is 0 Å². The molecule has 27 heavy (non-hydrogen) atoms. The molecule has 0 bridgehead atoms. The van der Waals surface area contributed by atoms with Gasteiger partial charge in [0.05, 0.1) is 27.4 Å². The van der Waals surface area contributed by atoms with E-state index in [1.165, 1.54) is 4.70 Å². The Kier molecular flexibility index (Phi) is 5.02. The van der Waals surface area contributed by atoms with Crippen LogP contribution in [0.2, 0.25) is 0 Å². The highest BCUT2D eigenvalue weighted by Crippen LogP contribution is 2.22. The number of aryl methyl sites for hydroxylation is 1. The minimum absolute atomic E-state index is 0.111. The fraction of sp³-hybridized carbons (Fsp3) is 0.250. The fourth-order valence-corrected chi connectivity index (χ4v) is 4.00. The number of nitrogens with one attached hydrogen (secondary N) is 1. The summed E-state index contributed by atoms with van der Waals surface area (Å²) in [5, 5.41) is 3.81. The Morgan fingerprint density at radius 1 is 1.19 bits per heavy atom. The van der Waals surface area contributed by atoms with Crippen LogP contribution in [0.15, 0.2) is 48.5 Å². The van der Waals surface area contributed by atoms with Crippen LogP contribution in [-0.2, 0) is 11.2 Å². The van der Waals surface area contributed by atoms with Crippen LogP contribution in [0.3, 0.4) is 0 Å². The Hall–Kier alpha value is -2.93. The molecule has 1 saturated heterocycles. The molecule has 3 aromatic rings. The zero-order valence-corrected chi connectivity index (χ0v) is 15.5. The highest BCUT2D eigenvalue weighted by molar-refractivity contribution is 7.18. The number of benzene rings is 2. The van der Waals surface area contributed by atoms with Crippen LogP contribution in [0.5, 0.6) is 0 Å². The maximum atomic E-state index is 12.2. The molecule has 1 aromatic heterocycles. The van der Waals surface area contributed by atoms with Gasteiger partial charge in [-0.25, -0.2) is 14.6 Å². The summed E-state index contributed by atoms with van der Waals surface area (Å²) >= 11 is 1.68. The van der Waals surface area contributed by atoms with Gasteiger partial charge >= 0.3 is 12.0 Å². The van der Waals surface area contributed by atoms with Crippen LogP contribution in [0, 0.1) is 0 Å². The smallest absolute Gasteiger partial charge is 0.338 e. The molecule has 7 heteroatoms. The molecule has 6 nitrogen and oxygen atoms in total. The van der Waals surface area contributed by atoms with E-state index in [0.29, 0.717) is 25.3 Å². The van der Waals surface area contributed by atoms with Crippen molar-refractivity contribution >= 4 is 39.2 Å². The maximum Gasteiger partial charge on any atom is 0.338 e. The topological polar surface area (TPSA) is 71.5 Å². The highest BCUT2D eigenvalue weighted by atomic mass is 32.1. The molecule has 2 amide bonds. The van der Waals surface area contributed by atoms with Crippen molar-refractivity contribution in [1.82, 2.24) is 10.3 Å². The van der Waals surface area contributed by atoms with E-state index in [1.54, 1.807) is 40.5 Å². The molecule has 0 radical (unpaired) electrons. The SMILES string of the molecule is O=C(OCCCc1nc2ccccc2s1)c1ccc(N2CCNC2=O)cc1. The first-order valence-corrected chi connectivity index (χ1v) is 9.69. The predicted octanol–water partition coefficient (Wildman–Crippen LogP) is 3.62. The molecule has 0 unspecified atom stereocenters. The van der Waals surface area contributed by atoms with Gasteiger partial charge in [0, 0.05) is 25.2 Å². The van der Waals surface area contributed by atoms with Crippen molar-refractivity contribution in [2.24, 2.45) is 0 Å². The second-order valence-electron chi connectivity index (χ2n) is 6.25. The molecule has 1 aliphatic rings. The van der Waals surface area contributed by atoms with Crippen LogP contribution in [0.1, 0.15) is 21.8 Å². The quantitative estimate of drug-likeness (QED) is 0.523. The summed E-state index contributed by atoms with van der Waals surface area (Å²) in [6.07, 6.45) is 1.52. The summed E-state index contributed by atoms with van der Waals surface area (Å²) in [5.41, 5.74) is 2.27. The van der Waals surface area contributed by atoms with Gasteiger partial charge in [0.2, 0.25) is 0 Å². The number of rotatable bonds is 6. The van der Waals surface area contributed by atoms with Crippen LogP contribution >= 0.6 is 11.3 Å². The summed E-state index contributed by atoms with van der Waals surface area (Å²) < 4.78 is 6.53. The summed E-state index contributed by atoms with van der Waals surface area (Å²) in [7, 11) is 0. The lowest BCUT2D eigenvalue weighted by atomic mass is 10.2. The lowest BCUT2D eigenvalue weighted by Gasteiger charge is -2.14. The second-order valence-corrected chi connectivity index (χ2v) is 7.36. The number of urea groups is 1.